The van der Waals surface area contributed by atoms with E-state index in [1.807, 2.05) is 66.7 Å². The molecule has 5 rings (SSSR count). The number of aromatic nitrogens is 1. The van der Waals surface area contributed by atoms with Gasteiger partial charge in [-0.05, 0) is 35.0 Å². The first-order valence-electron chi connectivity index (χ1n) is 8.87. The molecule has 0 aliphatic heterocycles. The van der Waals surface area contributed by atoms with Crippen LogP contribution in [0.1, 0.15) is 16.1 Å². The Labute approximate surface area is 160 Å². The highest BCUT2D eigenvalue weighted by atomic mass is 16.5. The van der Waals surface area contributed by atoms with Crippen LogP contribution in [0.3, 0.4) is 0 Å². The van der Waals surface area contributed by atoms with Gasteiger partial charge in [-0.25, -0.2) is 4.79 Å². The quantitative estimate of drug-likeness (QED) is 0.386. The second-order valence-corrected chi connectivity index (χ2v) is 6.47. The van der Waals surface area contributed by atoms with E-state index < -0.39 is 5.97 Å². The van der Waals surface area contributed by atoms with Gasteiger partial charge in [0.05, 0.1) is 5.56 Å². The van der Waals surface area contributed by atoms with Crippen molar-refractivity contribution in [2.75, 3.05) is 0 Å². The minimum atomic E-state index is -0.404. The molecule has 136 valence electrons. The van der Waals surface area contributed by atoms with Crippen molar-refractivity contribution in [3.05, 3.63) is 90.1 Å². The monoisotopic (exact) mass is 369 g/mol. The van der Waals surface area contributed by atoms with E-state index in [0.29, 0.717) is 22.8 Å². The lowest BCUT2D eigenvalue weighted by Gasteiger charge is -2.04. The Morgan fingerprint density at radius 1 is 0.821 bits per heavy atom. The van der Waals surface area contributed by atoms with Gasteiger partial charge >= 0.3 is 5.97 Å². The van der Waals surface area contributed by atoms with Gasteiger partial charge in [0.1, 0.15) is 17.9 Å². The second-order valence-electron chi connectivity index (χ2n) is 6.47. The number of esters is 1. The molecule has 5 aromatic rings. The van der Waals surface area contributed by atoms with Crippen LogP contribution in [0.4, 0.5) is 0 Å². The number of benzene rings is 3. The van der Waals surface area contributed by atoms with E-state index in [-0.39, 0.29) is 6.61 Å². The summed E-state index contributed by atoms with van der Waals surface area (Å²) in [5.41, 5.74) is 1.79. The summed E-state index contributed by atoms with van der Waals surface area (Å²) in [6, 6.07) is 24.7. The van der Waals surface area contributed by atoms with Crippen molar-refractivity contribution >= 4 is 27.7 Å². The molecule has 28 heavy (non-hydrogen) atoms. The van der Waals surface area contributed by atoms with Gasteiger partial charge in [-0.3, -0.25) is 0 Å². The maximum absolute atomic E-state index is 12.4. The first-order valence-corrected chi connectivity index (χ1v) is 8.87. The van der Waals surface area contributed by atoms with Crippen LogP contribution in [0.5, 0.6) is 0 Å². The van der Waals surface area contributed by atoms with E-state index in [2.05, 4.69) is 5.16 Å². The molecule has 0 N–H and O–H groups in total. The fourth-order valence-corrected chi connectivity index (χ4v) is 3.14. The fraction of sp³-hybridized carbons (Fsp3) is 0.0435. The van der Waals surface area contributed by atoms with Crippen LogP contribution >= 0.6 is 0 Å². The predicted molar refractivity (Wildman–Crippen MR) is 105 cm³/mol. The number of hydrogen-bond donors (Lipinski definition) is 0. The molecule has 0 bridgehead atoms. The first-order chi connectivity index (χ1) is 13.8. The van der Waals surface area contributed by atoms with Crippen LogP contribution in [-0.2, 0) is 11.3 Å². The number of ether oxygens (including phenoxy) is 1. The SMILES string of the molecule is O=C(OCc1cc(-c2cc3ccccc3o2)on1)c1ccc2ccccc2c1. The zero-order valence-corrected chi connectivity index (χ0v) is 14.8. The number of hydrogen-bond acceptors (Lipinski definition) is 5. The van der Waals surface area contributed by atoms with Gasteiger partial charge < -0.3 is 13.7 Å². The minimum Gasteiger partial charge on any atom is -0.455 e. The molecule has 0 aliphatic rings. The largest absolute Gasteiger partial charge is 0.455 e. The number of para-hydroxylation sites is 1. The molecule has 0 spiro atoms. The van der Waals surface area contributed by atoms with E-state index in [9.17, 15) is 4.79 Å². The topological polar surface area (TPSA) is 65.5 Å². The Kier molecular flexibility index (Phi) is 3.91. The summed E-state index contributed by atoms with van der Waals surface area (Å²) in [7, 11) is 0. The predicted octanol–water partition coefficient (Wildman–Crippen LogP) is 5.60. The van der Waals surface area contributed by atoms with Crippen molar-refractivity contribution in [1.82, 2.24) is 5.16 Å². The highest BCUT2D eigenvalue weighted by molar-refractivity contribution is 5.95. The van der Waals surface area contributed by atoms with Gasteiger partial charge in [-0.1, -0.05) is 53.7 Å². The third kappa shape index (κ3) is 3.03. The summed E-state index contributed by atoms with van der Waals surface area (Å²) >= 11 is 0. The lowest BCUT2D eigenvalue weighted by atomic mass is 10.1. The van der Waals surface area contributed by atoms with Crippen LogP contribution in [0.2, 0.25) is 0 Å². The van der Waals surface area contributed by atoms with Crippen LogP contribution in [-0.4, -0.2) is 11.1 Å². The van der Waals surface area contributed by atoms with E-state index in [4.69, 9.17) is 13.7 Å². The van der Waals surface area contributed by atoms with Gasteiger partial charge in [-0.15, -0.1) is 0 Å². The third-order valence-corrected chi connectivity index (χ3v) is 4.56. The number of rotatable bonds is 4. The molecule has 5 nitrogen and oxygen atoms in total. The first kappa shape index (κ1) is 16.3. The fourth-order valence-electron chi connectivity index (χ4n) is 3.14. The molecular formula is C23H15NO4. The lowest BCUT2D eigenvalue weighted by molar-refractivity contribution is 0.0464. The normalized spacial score (nSPS) is 11.1. The van der Waals surface area contributed by atoms with Crippen molar-refractivity contribution in [1.29, 1.82) is 0 Å². The molecule has 0 saturated carbocycles. The highest BCUT2D eigenvalue weighted by Gasteiger charge is 2.14. The van der Waals surface area contributed by atoms with Crippen LogP contribution in [0, 0.1) is 0 Å². The average molecular weight is 369 g/mol. The zero-order chi connectivity index (χ0) is 18.9. The van der Waals surface area contributed by atoms with Gasteiger partial charge in [0, 0.05) is 11.5 Å². The number of carbonyl (C=O) groups is 1. The molecule has 2 aromatic heterocycles. The summed E-state index contributed by atoms with van der Waals surface area (Å²) in [4.78, 5) is 12.4. The Morgan fingerprint density at radius 2 is 1.61 bits per heavy atom. The van der Waals surface area contributed by atoms with Crippen LogP contribution in [0.15, 0.2) is 87.8 Å². The van der Waals surface area contributed by atoms with Crippen LogP contribution in [0.25, 0.3) is 33.3 Å². The standard InChI is InChI=1S/C23H15NO4/c25-23(18-10-9-15-5-1-2-6-16(15)11-18)26-14-19-13-22(28-24-19)21-12-17-7-3-4-8-20(17)27-21/h1-13H,14H2. The maximum Gasteiger partial charge on any atom is 0.338 e. The molecule has 0 aliphatic carbocycles. The second kappa shape index (κ2) is 6.70. The molecule has 3 aromatic carbocycles. The summed E-state index contributed by atoms with van der Waals surface area (Å²) in [5, 5.41) is 7.02. The molecule has 5 heteroatoms. The van der Waals surface area contributed by atoms with Gasteiger partial charge in [-0.2, -0.15) is 0 Å². The molecule has 0 radical (unpaired) electrons. The Morgan fingerprint density at radius 3 is 2.46 bits per heavy atom. The molecule has 0 atom stereocenters. The maximum atomic E-state index is 12.4. The lowest BCUT2D eigenvalue weighted by Crippen LogP contribution is -2.05. The van der Waals surface area contributed by atoms with Crippen molar-refractivity contribution in [3.63, 3.8) is 0 Å². The van der Waals surface area contributed by atoms with Crippen LogP contribution < -0.4 is 0 Å². The smallest absolute Gasteiger partial charge is 0.338 e. The average Bonchev–Trinajstić information content (AvgIpc) is 3.38. The summed E-state index contributed by atoms with van der Waals surface area (Å²) in [5.74, 6) is 0.674. The van der Waals surface area contributed by atoms with Crippen molar-refractivity contribution < 1.29 is 18.5 Å². The van der Waals surface area contributed by atoms with E-state index in [1.165, 1.54) is 0 Å². The van der Waals surface area contributed by atoms with Gasteiger partial charge in [0.2, 0.25) is 5.76 Å². The highest BCUT2D eigenvalue weighted by Crippen LogP contribution is 2.28. The minimum absolute atomic E-state index is 0.0232. The van der Waals surface area contributed by atoms with Crippen molar-refractivity contribution in [2.24, 2.45) is 0 Å². The number of furan rings is 1. The summed E-state index contributed by atoms with van der Waals surface area (Å²) < 4.78 is 16.5. The molecule has 0 fully saturated rings. The van der Waals surface area contributed by atoms with Gasteiger partial charge in [0.25, 0.3) is 0 Å². The van der Waals surface area contributed by atoms with E-state index in [0.717, 1.165) is 21.7 Å². The number of carbonyl (C=O) groups excluding carboxylic acids is 1. The molecule has 0 saturated heterocycles. The summed E-state index contributed by atoms with van der Waals surface area (Å²) in [6.07, 6.45) is 0. The third-order valence-electron chi connectivity index (χ3n) is 4.56. The molecule has 0 amide bonds. The van der Waals surface area contributed by atoms with E-state index >= 15 is 0 Å². The van der Waals surface area contributed by atoms with Crippen molar-refractivity contribution in [2.45, 2.75) is 6.61 Å². The Bertz CT molecular complexity index is 1270. The molecule has 2 heterocycles. The van der Waals surface area contributed by atoms with E-state index in [1.54, 1.807) is 12.1 Å². The molecule has 0 unspecified atom stereocenters. The Hall–Kier alpha value is -3.86. The van der Waals surface area contributed by atoms with Crippen molar-refractivity contribution in [3.8, 4) is 11.5 Å². The number of nitrogens with zero attached hydrogens (tertiary/aromatic N) is 1. The van der Waals surface area contributed by atoms with Gasteiger partial charge in [0.15, 0.2) is 5.76 Å². The zero-order valence-electron chi connectivity index (χ0n) is 14.8. The molecular weight excluding hydrogens is 354 g/mol. The Balaban J connectivity index is 1.30. The number of fused-ring (bicyclic) bond motifs is 2. The summed E-state index contributed by atoms with van der Waals surface area (Å²) in [6.45, 7) is 0.0232.